The van der Waals surface area contributed by atoms with Gasteiger partial charge in [0, 0.05) is 30.3 Å². The van der Waals surface area contributed by atoms with Crippen molar-refractivity contribution in [3.8, 4) is 0 Å². The van der Waals surface area contributed by atoms with Crippen LogP contribution < -0.4 is 5.32 Å². The van der Waals surface area contributed by atoms with Crippen molar-refractivity contribution in [3.05, 3.63) is 107 Å². The maximum Gasteiger partial charge on any atom is 0.243 e. The average molecular weight is 523 g/mol. The van der Waals surface area contributed by atoms with Crippen LogP contribution in [0, 0.1) is 11.6 Å². The van der Waals surface area contributed by atoms with Crippen molar-refractivity contribution >= 4 is 23.6 Å². The molecule has 3 aromatic carbocycles. The fraction of sp³-hybridized carbons (Fsp3) is 0.333. The lowest BCUT2D eigenvalue weighted by Gasteiger charge is -2.32. The first-order valence-electron chi connectivity index (χ1n) is 12.7. The van der Waals surface area contributed by atoms with Gasteiger partial charge in [-0.2, -0.15) is 0 Å². The number of rotatable bonds is 11. The Hall–Kier alpha value is -3.19. The molecule has 1 atom stereocenters. The zero-order chi connectivity index (χ0) is 26.0. The Bertz CT molecular complexity index is 1180. The van der Waals surface area contributed by atoms with Gasteiger partial charge in [-0.1, -0.05) is 79.6 Å². The Morgan fingerprint density at radius 1 is 0.865 bits per heavy atom. The molecule has 4 rings (SSSR count). The lowest BCUT2D eigenvalue weighted by Crippen LogP contribution is -2.52. The number of nitrogens with zero attached hydrogens (tertiary/aromatic N) is 1. The van der Waals surface area contributed by atoms with Gasteiger partial charge in [0.05, 0.1) is 5.75 Å². The van der Waals surface area contributed by atoms with Crippen LogP contribution in [-0.4, -0.2) is 34.6 Å². The minimum absolute atomic E-state index is 0.0264. The third-order valence-electron chi connectivity index (χ3n) is 6.71. The highest BCUT2D eigenvalue weighted by atomic mass is 32.2. The first kappa shape index (κ1) is 26.9. The number of hydrogen-bond acceptors (Lipinski definition) is 3. The van der Waals surface area contributed by atoms with E-state index in [9.17, 15) is 18.4 Å². The lowest BCUT2D eigenvalue weighted by atomic mass is 10.0. The van der Waals surface area contributed by atoms with E-state index in [4.69, 9.17) is 0 Å². The van der Waals surface area contributed by atoms with Crippen LogP contribution in [-0.2, 0) is 28.3 Å². The van der Waals surface area contributed by atoms with Crippen LogP contribution in [0.4, 0.5) is 8.78 Å². The monoisotopic (exact) mass is 522 g/mol. The zero-order valence-electron chi connectivity index (χ0n) is 20.7. The maximum atomic E-state index is 14.7. The number of halogens is 2. The van der Waals surface area contributed by atoms with Crippen LogP contribution in [0.5, 0.6) is 0 Å². The first-order valence-corrected chi connectivity index (χ1v) is 13.8. The summed E-state index contributed by atoms with van der Waals surface area (Å²) in [4.78, 5) is 28.7. The molecule has 194 valence electrons. The van der Waals surface area contributed by atoms with Gasteiger partial charge in [-0.3, -0.25) is 9.59 Å². The number of carbonyl (C=O) groups is 2. The summed E-state index contributed by atoms with van der Waals surface area (Å²) < 4.78 is 28.7. The molecule has 1 N–H and O–H groups in total. The summed E-state index contributed by atoms with van der Waals surface area (Å²) >= 11 is 1.28. The Morgan fingerprint density at radius 3 is 2.11 bits per heavy atom. The minimum atomic E-state index is -0.802. The van der Waals surface area contributed by atoms with Crippen LogP contribution in [0.1, 0.15) is 42.4 Å². The van der Waals surface area contributed by atoms with E-state index in [2.05, 4.69) is 5.32 Å². The molecule has 37 heavy (non-hydrogen) atoms. The molecule has 0 bridgehead atoms. The molecular weight excluding hydrogens is 490 g/mol. The van der Waals surface area contributed by atoms with Crippen molar-refractivity contribution in [1.29, 1.82) is 0 Å². The molecule has 0 spiro atoms. The SMILES string of the molecule is O=C(NC1CCCC1)[C@H](Cc1ccccc1)N(Cc1ccccc1F)C(=O)CSCc1ccccc1F. The number of benzene rings is 3. The molecule has 4 nitrogen and oxygen atoms in total. The highest BCUT2D eigenvalue weighted by molar-refractivity contribution is 7.99. The topological polar surface area (TPSA) is 49.4 Å². The molecule has 0 unspecified atom stereocenters. The maximum absolute atomic E-state index is 14.7. The van der Waals surface area contributed by atoms with Gasteiger partial charge in [-0.15, -0.1) is 11.8 Å². The van der Waals surface area contributed by atoms with E-state index in [-0.39, 0.29) is 36.0 Å². The van der Waals surface area contributed by atoms with Gasteiger partial charge in [0.2, 0.25) is 11.8 Å². The number of amides is 2. The molecule has 1 aliphatic rings. The van der Waals surface area contributed by atoms with Crippen molar-refractivity contribution in [2.75, 3.05) is 5.75 Å². The van der Waals surface area contributed by atoms with E-state index in [0.29, 0.717) is 23.3 Å². The minimum Gasteiger partial charge on any atom is -0.352 e. The number of nitrogens with one attached hydrogen (secondary N) is 1. The molecule has 1 aliphatic carbocycles. The average Bonchev–Trinajstić information content (AvgIpc) is 3.42. The molecule has 2 amide bonds. The van der Waals surface area contributed by atoms with Gasteiger partial charge >= 0.3 is 0 Å². The van der Waals surface area contributed by atoms with Crippen LogP contribution in [0.3, 0.4) is 0 Å². The van der Waals surface area contributed by atoms with E-state index in [0.717, 1.165) is 31.2 Å². The Kier molecular flexibility index (Phi) is 9.71. The smallest absolute Gasteiger partial charge is 0.243 e. The Labute approximate surface area is 221 Å². The lowest BCUT2D eigenvalue weighted by molar-refractivity contribution is -0.139. The highest BCUT2D eigenvalue weighted by Gasteiger charge is 2.32. The summed E-state index contributed by atoms with van der Waals surface area (Å²) in [5.41, 5.74) is 1.78. The predicted octanol–water partition coefficient (Wildman–Crippen LogP) is 5.90. The largest absolute Gasteiger partial charge is 0.352 e. The van der Waals surface area contributed by atoms with Gasteiger partial charge in [0.1, 0.15) is 17.7 Å². The van der Waals surface area contributed by atoms with Gasteiger partial charge in [-0.05, 0) is 36.1 Å². The van der Waals surface area contributed by atoms with Crippen molar-refractivity contribution in [3.63, 3.8) is 0 Å². The van der Waals surface area contributed by atoms with E-state index in [1.807, 2.05) is 30.3 Å². The zero-order valence-corrected chi connectivity index (χ0v) is 21.6. The standard InChI is InChI=1S/C30H32F2N2O2S/c31-26-16-8-4-12-23(26)19-34(29(35)21-37-20-24-13-5-9-17-27(24)32)28(18-22-10-2-1-3-11-22)30(36)33-25-14-6-7-15-25/h1-5,8-13,16-17,25,28H,6-7,14-15,18-21H2,(H,33,36)/t28-/m0/s1. The fourth-order valence-electron chi connectivity index (χ4n) is 4.68. The molecule has 7 heteroatoms. The third kappa shape index (κ3) is 7.65. The first-order chi connectivity index (χ1) is 18.0. The van der Waals surface area contributed by atoms with Crippen molar-refractivity contribution < 1.29 is 18.4 Å². The number of thioether (sulfide) groups is 1. The second-order valence-electron chi connectivity index (χ2n) is 9.39. The summed E-state index contributed by atoms with van der Waals surface area (Å²) in [5.74, 6) is -0.877. The Balaban J connectivity index is 1.58. The molecule has 0 radical (unpaired) electrons. The number of hydrogen-bond donors (Lipinski definition) is 1. The third-order valence-corrected chi connectivity index (χ3v) is 7.68. The summed E-state index contributed by atoms with van der Waals surface area (Å²) in [6.45, 7) is -0.0264. The number of carbonyl (C=O) groups excluding carboxylic acids is 2. The van der Waals surface area contributed by atoms with Crippen molar-refractivity contribution in [2.45, 2.75) is 56.5 Å². The van der Waals surface area contributed by atoms with Gasteiger partial charge in [0.15, 0.2) is 0 Å². The molecule has 3 aromatic rings. The summed E-state index contributed by atoms with van der Waals surface area (Å²) in [6.07, 6.45) is 4.29. The summed E-state index contributed by atoms with van der Waals surface area (Å²) in [7, 11) is 0. The second-order valence-corrected chi connectivity index (χ2v) is 10.4. The highest BCUT2D eigenvalue weighted by Crippen LogP contribution is 2.22. The van der Waals surface area contributed by atoms with Crippen LogP contribution in [0.25, 0.3) is 0 Å². The van der Waals surface area contributed by atoms with Crippen LogP contribution in [0.15, 0.2) is 78.9 Å². The van der Waals surface area contributed by atoms with E-state index < -0.39 is 11.9 Å². The molecule has 1 saturated carbocycles. The van der Waals surface area contributed by atoms with Gasteiger partial charge in [-0.25, -0.2) is 8.78 Å². The normalized spacial score (nSPS) is 14.3. The van der Waals surface area contributed by atoms with Crippen LogP contribution in [0.2, 0.25) is 0 Å². The van der Waals surface area contributed by atoms with E-state index in [1.54, 1.807) is 36.4 Å². The molecule has 0 aromatic heterocycles. The second kappa shape index (κ2) is 13.4. The quantitative estimate of drug-likeness (QED) is 0.341. The predicted molar refractivity (Wildman–Crippen MR) is 144 cm³/mol. The fourth-order valence-corrected chi connectivity index (χ4v) is 5.57. The summed E-state index contributed by atoms with van der Waals surface area (Å²) in [6, 6.07) is 21.6. The Morgan fingerprint density at radius 2 is 1.46 bits per heavy atom. The molecule has 0 aliphatic heterocycles. The van der Waals surface area contributed by atoms with Gasteiger partial charge < -0.3 is 10.2 Å². The molecule has 1 fully saturated rings. The molecular formula is C30H32F2N2O2S. The van der Waals surface area contributed by atoms with E-state index >= 15 is 0 Å². The molecule has 0 heterocycles. The van der Waals surface area contributed by atoms with Crippen molar-refractivity contribution in [1.82, 2.24) is 10.2 Å². The van der Waals surface area contributed by atoms with Crippen LogP contribution >= 0.6 is 11.8 Å². The van der Waals surface area contributed by atoms with E-state index in [1.165, 1.54) is 28.8 Å². The van der Waals surface area contributed by atoms with Crippen molar-refractivity contribution in [2.24, 2.45) is 0 Å². The summed E-state index contributed by atoms with van der Waals surface area (Å²) in [5, 5.41) is 3.14. The molecule has 0 saturated heterocycles. The van der Waals surface area contributed by atoms with Gasteiger partial charge in [0.25, 0.3) is 0 Å².